The number of thioether (sulfide) groups is 1. The van der Waals surface area contributed by atoms with Crippen LogP contribution in [-0.2, 0) is 9.84 Å². The Kier molecular flexibility index (Phi) is 5.25. The Morgan fingerprint density at radius 3 is 2.62 bits per heavy atom. The first-order chi connectivity index (χ1) is 12.2. The number of hydrogen-bond donors (Lipinski definition) is 0. The number of aryl methyl sites for hydroxylation is 1. The molecule has 0 aliphatic carbocycles. The number of nitrogens with zero attached hydrogens (tertiary/aromatic N) is 1. The maximum absolute atomic E-state index is 13.7. The predicted molar refractivity (Wildman–Crippen MR) is 97.6 cm³/mol. The first-order valence-electron chi connectivity index (χ1n) is 8.18. The fraction of sp³-hybridized carbons (Fsp3) is 0.389. The van der Waals surface area contributed by atoms with Crippen LogP contribution in [0.2, 0.25) is 0 Å². The second-order valence-corrected chi connectivity index (χ2v) is 9.74. The van der Waals surface area contributed by atoms with Crippen LogP contribution in [0, 0.1) is 25.5 Å². The molecule has 1 aliphatic rings. The van der Waals surface area contributed by atoms with E-state index in [9.17, 15) is 22.0 Å². The van der Waals surface area contributed by atoms with Gasteiger partial charge in [0, 0.05) is 34.0 Å². The average molecular weight is 399 g/mol. The lowest BCUT2D eigenvalue weighted by atomic mass is 10.2. The molecule has 1 atom stereocenters. The van der Waals surface area contributed by atoms with Gasteiger partial charge in [-0.25, -0.2) is 17.2 Å². The average Bonchev–Trinajstić information content (AvgIpc) is 3.05. The monoisotopic (exact) mass is 399 g/mol. The Morgan fingerprint density at radius 1 is 1.27 bits per heavy atom. The van der Waals surface area contributed by atoms with E-state index in [1.807, 2.05) is 11.5 Å². The molecular formula is C18H19F2NO3S2. The van der Waals surface area contributed by atoms with Crippen LogP contribution < -0.4 is 0 Å². The Labute approximate surface area is 155 Å². The van der Waals surface area contributed by atoms with Crippen LogP contribution in [0.1, 0.15) is 34.2 Å². The number of carbonyl (C=O) groups excluding carboxylic acids is 1. The molecule has 1 fully saturated rings. The van der Waals surface area contributed by atoms with Gasteiger partial charge in [-0.05, 0) is 38.5 Å². The van der Waals surface area contributed by atoms with Gasteiger partial charge >= 0.3 is 0 Å². The summed E-state index contributed by atoms with van der Waals surface area (Å²) < 4.78 is 52.1. The minimum Gasteiger partial charge on any atom is -0.344 e. The normalized spacial score (nSPS) is 19.0. The molecule has 0 amide bonds. The summed E-state index contributed by atoms with van der Waals surface area (Å²) in [5.74, 6) is -1.24. The molecule has 0 N–H and O–H groups in total. The second-order valence-electron chi connectivity index (χ2n) is 6.50. The first-order valence-corrected chi connectivity index (χ1v) is 11.0. The molecule has 0 spiro atoms. The van der Waals surface area contributed by atoms with Crippen molar-refractivity contribution in [3.05, 3.63) is 52.9 Å². The van der Waals surface area contributed by atoms with E-state index in [0.29, 0.717) is 12.0 Å². The molecule has 0 bridgehead atoms. The molecule has 140 valence electrons. The van der Waals surface area contributed by atoms with E-state index >= 15 is 0 Å². The van der Waals surface area contributed by atoms with Crippen molar-refractivity contribution in [2.24, 2.45) is 0 Å². The number of carbonyl (C=O) groups is 1. The fourth-order valence-corrected chi connectivity index (χ4v) is 5.92. The van der Waals surface area contributed by atoms with Crippen LogP contribution in [0.5, 0.6) is 0 Å². The third-order valence-electron chi connectivity index (χ3n) is 4.61. The van der Waals surface area contributed by atoms with Crippen molar-refractivity contribution >= 4 is 27.4 Å². The van der Waals surface area contributed by atoms with Crippen LogP contribution in [0.3, 0.4) is 0 Å². The van der Waals surface area contributed by atoms with Gasteiger partial charge < -0.3 is 4.57 Å². The minimum atomic E-state index is -3.02. The molecule has 1 aromatic carbocycles. The van der Waals surface area contributed by atoms with Crippen LogP contribution in [-0.4, -0.2) is 36.0 Å². The Morgan fingerprint density at radius 2 is 2.00 bits per heavy atom. The molecule has 0 unspecified atom stereocenters. The molecule has 1 saturated heterocycles. The molecule has 0 saturated carbocycles. The standard InChI is InChI=1S/C18H19F2NO3S2/c1-11-7-15(12(2)21(11)14-5-6-26(23,24)10-14)17(22)9-25-18-4-3-13(19)8-16(18)20/h3-4,7-8,14H,5-6,9-10H2,1-2H3/t14-/m1/s1. The van der Waals surface area contributed by atoms with Crippen LogP contribution >= 0.6 is 11.8 Å². The second kappa shape index (κ2) is 7.15. The summed E-state index contributed by atoms with van der Waals surface area (Å²) in [4.78, 5) is 12.8. The molecule has 26 heavy (non-hydrogen) atoms. The largest absolute Gasteiger partial charge is 0.344 e. The van der Waals surface area contributed by atoms with Gasteiger partial charge in [-0.1, -0.05) is 0 Å². The zero-order chi connectivity index (χ0) is 19.1. The first kappa shape index (κ1) is 19.1. The number of rotatable bonds is 5. The highest BCUT2D eigenvalue weighted by Gasteiger charge is 2.31. The summed E-state index contributed by atoms with van der Waals surface area (Å²) >= 11 is 1.02. The highest BCUT2D eigenvalue weighted by molar-refractivity contribution is 8.00. The van der Waals surface area contributed by atoms with Gasteiger partial charge in [-0.2, -0.15) is 0 Å². The predicted octanol–water partition coefficient (Wildman–Crippen LogP) is 3.72. The summed E-state index contributed by atoms with van der Waals surface area (Å²) in [6.07, 6.45) is 0.544. The van der Waals surface area contributed by atoms with Crippen molar-refractivity contribution in [2.45, 2.75) is 31.2 Å². The van der Waals surface area contributed by atoms with E-state index in [-0.39, 0.29) is 34.0 Å². The molecule has 4 nitrogen and oxygen atoms in total. The number of ketones is 1. The van der Waals surface area contributed by atoms with E-state index in [2.05, 4.69) is 0 Å². The quantitative estimate of drug-likeness (QED) is 0.568. The summed E-state index contributed by atoms with van der Waals surface area (Å²) in [6.45, 7) is 3.65. The van der Waals surface area contributed by atoms with Crippen molar-refractivity contribution in [3.8, 4) is 0 Å². The van der Waals surface area contributed by atoms with E-state index in [4.69, 9.17) is 0 Å². The third-order valence-corrected chi connectivity index (χ3v) is 7.41. The Balaban J connectivity index is 1.77. The van der Waals surface area contributed by atoms with Crippen molar-refractivity contribution in [3.63, 3.8) is 0 Å². The fourth-order valence-electron chi connectivity index (χ4n) is 3.41. The van der Waals surface area contributed by atoms with Gasteiger partial charge in [0.2, 0.25) is 0 Å². The summed E-state index contributed by atoms with van der Waals surface area (Å²) in [7, 11) is -3.02. The topological polar surface area (TPSA) is 56.1 Å². The van der Waals surface area contributed by atoms with Gasteiger partial charge in [-0.15, -0.1) is 11.8 Å². The zero-order valence-corrected chi connectivity index (χ0v) is 16.1. The zero-order valence-electron chi connectivity index (χ0n) is 14.5. The molecule has 3 rings (SSSR count). The van der Waals surface area contributed by atoms with E-state index in [1.165, 1.54) is 6.07 Å². The lowest BCUT2D eigenvalue weighted by molar-refractivity contribution is 0.102. The number of aromatic nitrogens is 1. The highest BCUT2D eigenvalue weighted by Crippen LogP contribution is 2.30. The van der Waals surface area contributed by atoms with Crippen molar-refractivity contribution < 1.29 is 22.0 Å². The van der Waals surface area contributed by atoms with Gasteiger partial charge in [-0.3, -0.25) is 4.79 Å². The summed E-state index contributed by atoms with van der Waals surface area (Å²) in [5.41, 5.74) is 2.09. The molecule has 8 heteroatoms. The van der Waals surface area contributed by atoms with Gasteiger partial charge in [0.1, 0.15) is 11.6 Å². The minimum absolute atomic E-state index is 0.0236. The third kappa shape index (κ3) is 3.86. The van der Waals surface area contributed by atoms with Gasteiger partial charge in [0.25, 0.3) is 0 Å². The molecule has 0 radical (unpaired) electrons. The smallest absolute Gasteiger partial charge is 0.174 e. The van der Waals surface area contributed by atoms with Crippen molar-refractivity contribution in [1.82, 2.24) is 4.57 Å². The molecule has 1 aliphatic heterocycles. The molecule has 2 aromatic rings. The SMILES string of the molecule is Cc1cc(C(=O)CSc2ccc(F)cc2F)c(C)n1[C@@H]1CCS(=O)(=O)C1. The van der Waals surface area contributed by atoms with Crippen LogP contribution in [0.4, 0.5) is 8.78 Å². The van der Waals surface area contributed by atoms with Crippen molar-refractivity contribution in [2.75, 3.05) is 17.3 Å². The maximum Gasteiger partial charge on any atom is 0.174 e. The van der Waals surface area contributed by atoms with E-state index < -0.39 is 21.5 Å². The van der Waals surface area contributed by atoms with Gasteiger partial charge in [0.05, 0.1) is 17.3 Å². The maximum atomic E-state index is 13.7. The summed E-state index contributed by atoms with van der Waals surface area (Å²) in [6, 6.07) is 4.87. The lowest BCUT2D eigenvalue weighted by Gasteiger charge is -2.16. The number of sulfone groups is 1. The summed E-state index contributed by atoms with van der Waals surface area (Å²) in [5, 5.41) is 0. The molecule has 2 heterocycles. The Bertz CT molecular complexity index is 967. The van der Waals surface area contributed by atoms with E-state index in [1.54, 1.807) is 13.0 Å². The van der Waals surface area contributed by atoms with Crippen LogP contribution in [0.25, 0.3) is 0 Å². The number of Topliss-reactive ketones (excluding diaryl/α,β-unsaturated/α-hetero) is 1. The van der Waals surface area contributed by atoms with Crippen molar-refractivity contribution in [1.29, 1.82) is 0 Å². The highest BCUT2D eigenvalue weighted by atomic mass is 32.2. The molecule has 1 aromatic heterocycles. The lowest BCUT2D eigenvalue weighted by Crippen LogP contribution is -2.14. The Hall–Kier alpha value is -1.67. The van der Waals surface area contributed by atoms with Gasteiger partial charge in [0.15, 0.2) is 15.6 Å². The van der Waals surface area contributed by atoms with E-state index in [0.717, 1.165) is 35.3 Å². The number of benzene rings is 1. The number of hydrogen-bond acceptors (Lipinski definition) is 4. The number of halogens is 2. The molecular weight excluding hydrogens is 380 g/mol. The van der Waals surface area contributed by atoms with Crippen LogP contribution in [0.15, 0.2) is 29.2 Å².